The van der Waals surface area contributed by atoms with E-state index in [0.29, 0.717) is 6.61 Å². The molecule has 0 spiro atoms. The van der Waals surface area contributed by atoms with E-state index in [-0.39, 0.29) is 5.82 Å². The highest BCUT2D eigenvalue weighted by molar-refractivity contribution is 5.33. The van der Waals surface area contributed by atoms with E-state index < -0.39 is 0 Å². The number of nitrogens with zero attached hydrogens (tertiary/aromatic N) is 2. The zero-order chi connectivity index (χ0) is 16.4. The van der Waals surface area contributed by atoms with Gasteiger partial charge in [-0.05, 0) is 59.6 Å². The first-order valence-electron chi connectivity index (χ1n) is 8.77. The van der Waals surface area contributed by atoms with Crippen LogP contribution in [0.1, 0.15) is 35.1 Å². The van der Waals surface area contributed by atoms with Crippen molar-refractivity contribution >= 4 is 0 Å². The van der Waals surface area contributed by atoms with E-state index in [9.17, 15) is 4.39 Å². The van der Waals surface area contributed by atoms with Crippen molar-refractivity contribution in [1.29, 1.82) is 0 Å². The highest BCUT2D eigenvalue weighted by Gasteiger charge is 2.22. The molecule has 2 aliphatic rings. The Morgan fingerprint density at radius 3 is 2.79 bits per heavy atom. The highest BCUT2D eigenvalue weighted by Crippen LogP contribution is 2.29. The first-order valence-corrected chi connectivity index (χ1v) is 8.77. The van der Waals surface area contributed by atoms with Gasteiger partial charge >= 0.3 is 0 Å². The molecule has 4 heteroatoms. The molecule has 0 unspecified atom stereocenters. The lowest BCUT2D eigenvalue weighted by atomic mass is 9.97. The van der Waals surface area contributed by atoms with E-state index in [0.717, 1.165) is 44.1 Å². The predicted molar refractivity (Wildman–Crippen MR) is 90.8 cm³/mol. The van der Waals surface area contributed by atoms with E-state index in [1.54, 1.807) is 0 Å². The van der Waals surface area contributed by atoms with Gasteiger partial charge in [0, 0.05) is 38.6 Å². The molecule has 4 rings (SSSR count). The van der Waals surface area contributed by atoms with E-state index in [2.05, 4.69) is 9.88 Å². The maximum atomic E-state index is 13.0. The molecule has 1 saturated carbocycles. The van der Waals surface area contributed by atoms with Crippen LogP contribution in [0.2, 0.25) is 0 Å². The van der Waals surface area contributed by atoms with Gasteiger partial charge in [-0.15, -0.1) is 0 Å². The van der Waals surface area contributed by atoms with Crippen LogP contribution in [0.5, 0.6) is 0 Å². The summed E-state index contributed by atoms with van der Waals surface area (Å²) in [6.07, 6.45) is 7.62. The Morgan fingerprint density at radius 1 is 1.17 bits per heavy atom. The molecular formula is C20H23FN2O. The van der Waals surface area contributed by atoms with E-state index in [1.807, 2.05) is 24.5 Å². The molecule has 0 atom stereocenters. The quantitative estimate of drug-likeness (QED) is 0.809. The van der Waals surface area contributed by atoms with Crippen LogP contribution >= 0.6 is 0 Å². The van der Waals surface area contributed by atoms with Crippen LogP contribution in [0.25, 0.3) is 0 Å². The zero-order valence-electron chi connectivity index (χ0n) is 13.9. The third kappa shape index (κ3) is 3.82. The molecule has 0 radical (unpaired) electrons. The Balaban J connectivity index is 1.39. The van der Waals surface area contributed by atoms with Gasteiger partial charge in [0.05, 0.1) is 6.61 Å². The van der Waals surface area contributed by atoms with Crippen molar-refractivity contribution in [3.05, 3.63) is 64.7 Å². The molecule has 1 aromatic heterocycles. The minimum atomic E-state index is -0.178. The number of halogens is 1. The summed E-state index contributed by atoms with van der Waals surface area (Å²) in [4.78, 5) is 6.80. The van der Waals surface area contributed by atoms with Crippen LogP contribution in [-0.4, -0.2) is 23.0 Å². The van der Waals surface area contributed by atoms with Crippen molar-refractivity contribution in [3.8, 4) is 0 Å². The molecule has 126 valence electrons. The molecule has 0 saturated heterocycles. The largest absolute Gasteiger partial charge is 0.376 e. The predicted octanol–water partition coefficient (Wildman–Crippen LogP) is 3.71. The number of fused-ring (bicyclic) bond motifs is 1. The van der Waals surface area contributed by atoms with Gasteiger partial charge in [-0.2, -0.15) is 0 Å². The van der Waals surface area contributed by atoms with Crippen LogP contribution in [0.15, 0.2) is 36.7 Å². The number of hydrogen-bond donors (Lipinski definition) is 0. The summed E-state index contributed by atoms with van der Waals surface area (Å²) in [7, 11) is 0. The minimum Gasteiger partial charge on any atom is -0.376 e. The molecule has 0 bridgehead atoms. The summed E-state index contributed by atoms with van der Waals surface area (Å²) in [5, 5.41) is 0. The Bertz CT molecular complexity index is 697. The molecule has 0 N–H and O–H groups in total. The molecule has 24 heavy (non-hydrogen) atoms. The lowest BCUT2D eigenvalue weighted by Gasteiger charge is -2.29. The number of ether oxygens (including phenoxy) is 1. The molecule has 0 amide bonds. The van der Waals surface area contributed by atoms with Crippen LogP contribution in [-0.2, 0) is 30.9 Å². The van der Waals surface area contributed by atoms with Crippen molar-refractivity contribution in [2.45, 2.75) is 39.0 Å². The Morgan fingerprint density at radius 2 is 2.00 bits per heavy atom. The third-order valence-electron chi connectivity index (χ3n) is 4.94. The molecular weight excluding hydrogens is 303 g/mol. The summed E-state index contributed by atoms with van der Waals surface area (Å²) in [5.74, 6) is 0.617. The van der Waals surface area contributed by atoms with Gasteiger partial charge in [-0.1, -0.05) is 12.1 Å². The lowest BCUT2D eigenvalue weighted by molar-refractivity contribution is 0.110. The minimum absolute atomic E-state index is 0.178. The number of pyridine rings is 1. The van der Waals surface area contributed by atoms with Gasteiger partial charge in [0.15, 0.2) is 0 Å². The Kier molecular flexibility index (Phi) is 4.58. The normalized spacial score (nSPS) is 17.7. The van der Waals surface area contributed by atoms with Gasteiger partial charge < -0.3 is 4.74 Å². The second-order valence-corrected chi connectivity index (χ2v) is 6.98. The zero-order valence-corrected chi connectivity index (χ0v) is 13.9. The average molecular weight is 326 g/mol. The summed E-state index contributed by atoms with van der Waals surface area (Å²) in [6.45, 7) is 4.34. The van der Waals surface area contributed by atoms with Crippen molar-refractivity contribution < 1.29 is 9.13 Å². The molecule has 1 aromatic carbocycles. The summed E-state index contributed by atoms with van der Waals surface area (Å²) in [6, 6.07) is 6.80. The number of aromatic nitrogens is 1. The monoisotopic (exact) mass is 326 g/mol. The molecule has 2 aromatic rings. The topological polar surface area (TPSA) is 25.4 Å². The van der Waals surface area contributed by atoms with Crippen LogP contribution in [0.3, 0.4) is 0 Å². The van der Waals surface area contributed by atoms with Crippen LogP contribution in [0.4, 0.5) is 4.39 Å². The highest BCUT2D eigenvalue weighted by atomic mass is 19.1. The molecule has 3 nitrogen and oxygen atoms in total. The molecule has 2 heterocycles. The van der Waals surface area contributed by atoms with Crippen LogP contribution in [0, 0.1) is 11.7 Å². The smallest absolute Gasteiger partial charge is 0.123 e. The van der Waals surface area contributed by atoms with Crippen molar-refractivity contribution in [1.82, 2.24) is 9.88 Å². The number of rotatable bonds is 6. The van der Waals surface area contributed by atoms with Gasteiger partial charge in [0.2, 0.25) is 0 Å². The van der Waals surface area contributed by atoms with E-state index >= 15 is 0 Å². The fourth-order valence-electron chi connectivity index (χ4n) is 3.35. The summed E-state index contributed by atoms with van der Waals surface area (Å²) >= 11 is 0. The second-order valence-electron chi connectivity index (χ2n) is 6.98. The number of hydrogen-bond acceptors (Lipinski definition) is 3. The van der Waals surface area contributed by atoms with E-state index in [4.69, 9.17) is 4.74 Å². The van der Waals surface area contributed by atoms with Crippen molar-refractivity contribution in [3.63, 3.8) is 0 Å². The van der Waals surface area contributed by atoms with Crippen LogP contribution < -0.4 is 0 Å². The molecule has 1 aliphatic carbocycles. The van der Waals surface area contributed by atoms with Gasteiger partial charge in [-0.25, -0.2) is 4.39 Å². The van der Waals surface area contributed by atoms with Gasteiger partial charge in [-0.3, -0.25) is 9.88 Å². The molecule has 1 fully saturated rings. The molecule has 1 aliphatic heterocycles. The SMILES string of the molecule is Fc1ccc(CN2CCc3c(COCC4CC4)cncc3C2)cc1. The average Bonchev–Trinajstić information content (AvgIpc) is 3.41. The Hall–Kier alpha value is -1.78. The van der Waals surface area contributed by atoms with E-state index in [1.165, 1.54) is 41.7 Å². The fraction of sp³-hybridized carbons (Fsp3) is 0.450. The van der Waals surface area contributed by atoms with Gasteiger partial charge in [0.1, 0.15) is 5.82 Å². The second kappa shape index (κ2) is 6.99. The first-order chi connectivity index (χ1) is 11.8. The fourth-order valence-corrected chi connectivity index (χ4v) is 3.35. The van der Waals surface area contributed by atoms with Crippen molar-refractivity contribution in [2.24, 2.45) is 5.92 Å². The first kappa shape index (κ1) is 15.7. The standard InChI is InChI=1S/C20H23FN2O/c21-19-5-3-15(4-6-19)11-23-8-7-20-17(12-23)9-22-10-18(20)14-24-13-16-1-2-16/h3-6,9-10,16H,1-2,7-8,11-14H2. The number of benzene rings is 1. The van der Waals surface area contributed by atoms with Gasteiger partial charge in [0.25, 0.3) is 0 Å². The lowest BCUT2D eigenvalue weighted by Crippen LogP contribution is -2.31. The summed E-state index contributed by atoms with van der Waals surface area (Å²) in [5.41, 5.74) is 5.11. The Labute approximate surface area is 142 Å². The maximum absolute atomic E-state index is 13.0. The maximum Gasteiger partial charge on any atom is 0.123 e. The summed E-state index contributed by atoms with van der Waals surface area (Å²) < 4.78 is 18.9. The third-order valence-corrected chi connectivity index (χ3v) is 4.94. The van der Waals surface area contributed by atoms with Crippen molar-refractivity contribution in [2.75, 3.05) is 13.2 Å².